The van der Waals surface area contributed by atoms with Gasteiger partial charge in [-0.2, -0.15) is 0 Å². The van der Waals surface area contributed by atoms with E-state index in [0.29, 0.717) is 21.6 Å². The van der Waals surface area contributed by atoms with Crippen LogP contribution in [0.4, 0.5) is 10.3 Å². The number of amides is 1. The van der Waals surface area contributed by atoms with E-state index in [0.717, 1.165) is 16.3 Å². The van der Waals surface area contributed by atoms with Crippen LogP contribution >= 0.6 is 39.7 Å². The number of ether oxygens (including phenoxy) is 1. The number of hydrogen-bond donors (Lipinski definition) is 2. The molecule has 24 heavy (non-hydrogen) atoms. The minimum absolute atomic E-state index is 0. The van der Waals surface area contributed by atoms with Gasteiger partial charge in [-0.25, -0.2) is 9.97 Å². The van der Waals surface area contributed by atoms with Crippen LogP contribution in [0.15, 0.2) is 29.6 Å². The summed E-state index contributed by atoms with van der Waals surface area (Å²) in [4.78, 5) is 21.9. The van der Waals surface area contributed by atoms with Gasteiger partial charge in [0.25, 0.3) is 5.91 Å². The van der Waals surface area contributed by atoms with E-state index < -0.39 is 0 Å². The van der Waals surface area contributed by atoms with Crippen molar-refractivity contribution in [2.75, 3.05) is 18.2 Å². The number of nitrogens with one attached hydrogen (secondary N) is 1. The van der Waals surface area contributed by atoms with Crippen LogP contribution in [0, 0.1) is 6.92 Å². The molecule has 0 aliphatic rings. The molecule has 1 amide bonds. The summed E-state index contributed by atoms with van der Waals surface area (Å²) in [5, 5.41) is 5.70. The Kier molecular flexibility index (Phi) is 5.92. The van der Waals surface area contributed by atoms with Crippen molar-refractivity contribution >= 4 is 55.8 Å². The normalized spacial score (nSPS) is 10.1. The monoisotopic (exact) mass is 426 g/mol. The minimum Gasteiger partial charge on any atom is -0.496 e. The Bertz CT molecular complexity index is 863. The van der Waals surface area contributed by atoms with Gasteiger partial charge in [-0.3, -0.25) is 10.1 Å². The first kappa shape index (κ1) is 18.4. The van der Waals surface area contributed by atoms with Crippen molar-refractivity contribution in [3.8, 4) is 16.3 Å². The lowest BCUT2D eigenvalue weighted by Crippen LogP contribution is -2.12. The number of aromatic nitrogens is 2. The van der Waals surface area contributed by atoms with Crippen LogP contribution in [0.1, 0.15) is 16.1 Å². The summed E-state index contributed by atoms with van der Waals surface area (Å²) in [7, 11) is 1.53. The van der Waals surface area contributed by atoms with Gasteiger partial charge >= 0.3 is 0 Å². The highest BCUT2D eigenvalue weighted by atomic mass is 79.9. The number of aryl methyl sites for hydroxylation is 1. The summed E-state index contributed by atoms with van der Waals surface area (Å²) in [6.45, 7) is 1.88. The topological polar surface area (TPSA) is 90.1 Å². The second-order valence-corrected chi connectivity index (χ2v) is 6.55. The second kappa shape index (κ2) is 7.73. The average molecular weight is 427 g/mol. The zero-order chi connectivity index (χ0) is 16.4. The molecule has 9 heteroatoms. The molecule has 2 aromatic heterocycles. The molecule has 0 bridgehead atoms. The number of benzene rings is 1. The third-order valence-electron chi connectivity index (χ3n) is 3.12. The molecule has 0 saturated heterocycles. The summed E-state index contributed by atoms with van der Waals surface area (Å²) in [6.07, 6.45) is 0. The lowest BCUT2D eigenvalue weighted by atomic mass is 10.2. The second-order valence-electron chi connectivity index (χ2n) is 4.66. The van der Waals surface area contributed by atoms with E-state index in [-0.39, 0.29) is 22.9 Å². The summed E-state index contributed by atoms with van der Waals surface area (Å²) in [5.74, 6) is 0.256. The van der Waals surface area contributed by atoms with Gasteiger partial charge < -0.3 is 10.5 Å². The van der Waals surface area contributed by atoms with Crippen molar-refractivity contribution in [2.24, 2.45) is 0 Å². The number of carbonyl (C=O) groups excluding carboxylic acids is 1. The van der Waals surface area contributed by atoms with E-state index >= 15 is 0 Å². The van der Waals surface area contributed by atoms with Gasteiger partial charge in [-0.1, -0.05) is 23.5 Å². The Morgan fingerprint density at radius 2 is 2.04 bits per heavy atom. The minimum atomic E-state index is -0.263. The summed E-state index contributed by atoms with van der Waals surface area (Å²) >= 11 is 2.74. The predicted octanol–water partition coefficient (Wildman–Crippen LogP) is 4.00. The van der Waals surface area contributed by atoms with E-state index in [2.05, 4.69) is 15.3 Å². The van der Waals surface area contributed by atoms with Crippen LogP contribution in [-0.4, -0.2) is 23.0 Å². The smallest absolute Gasteiger partial charge is 0.261 e. The molecule has 0 saturated carbocycles. The van der Waals surface area contributed by atoms with E-state index in [1.54, 1.807) is 18.2 Å². The van der Waals surface area contributed by atoms with Crippen LogP contribution in [0.5, 0.6) is 5.75 Å². The van der Waals surface area contributed by atoms with Crippen LogP contribution in [0.25, 0.3) is 10.6 Å². The van der Waals surface area contributed by atoms with Crippen molar-refractivity contribution in [1.82, 2.24) is 9.97 Å². The fourth-order valence-corrected chi connectivity index (χ4v) is 3.63. The number of rotatable bonds is 4. The lowest BCUT2D eigenvalue weighted by molar-refractivity contribution is 0.102. The zero-order valence-electron chi connectivity index (χ0n) is 12.9. The highest BCUT2D eigenvalue weighted by Gasteiger charge is 2.16. The number of nitrogens with zero attached hydrogens (tertiary/aromatic N) is 2. The first-order valence-electron chi connectivity index (χ1n) is 6.71. The number of para-hydroxylation sites is 1. The van der Waals surface area contributed by atoms with E-state index in [1.807, 2.05) is 18.4 Å². The molecule has 126 valence electrons. The molecule has 3 aromatic rings. The number of hydrogen-bond acceptors (Lipinski definition) is 7. The maximum Gasteiger partial charge on any atom is 0.261 e. The van der Waals surface area contributed by atoms with Gasteiger partial charge in [0.2, 0.25) is 0 Å². The molecule has 0 atom stereocenters. The molecule has 3 N–H and O–H groups in total. The van der Waals surface area contributed by atoms with Gasteiger partial charge in [0.15, 0.2) is 10.3 Å². The van der Waals surface area contributed by atoms with Crippen LogP contribution in [0.3, 0.4) is 0 Å². The molecule has 6 nitrogen and oxygen atoms in total. The Balaban J connectivity index is 0.00000208. The molecule has 0 unspecified atom stereocenters. The Labute approximate surface area is 157 Å². The molecule has 0 aliphatic heterocycles. The van der Waals surface area contributed by atoms with Gasteiger partial charge in [0.1, 0.15) is 5.75 Å². The molecular formula is C15H15BrN4O2S2. The molecule has 1 aromatic carbocycles. The van der Waals surface area contributed by atoms with Crippen LogP contribution < -0.4 is 15.8 Å². The highest BCUT2D eigenvalue weighted by Crippen LogP contribution is 2.34. The molecule has 0 fully saturated rings. The zero-order valence-corrected chi connectivity index (χ0v) is 16.2. The molecule has 0 aliphatic carbocycles. The molecular weight excluding hydrogens is 412 g/mol. The molecule has 0 radical (unpaired) electrons. The Morgan fingerprint density at radius 3 is 2.71 bits per heavy atom. The lowest BCUT2D eigenvalue weighted by Gasteiger charge is -2.06. The van der Waals surface area contributed by atoms with Crippen molar-refractivity contribution < 1.29 is 9.53 Å². The highest BCUT2D eigenvalue weighted by molar-refractivity contribution is 8.93. The Hall–Kier alpha value is -1.97. The average Bonchev–Trinajstić information content (AvgIpc) is 3.12. The van der Waals surface area contributed by atoms with Crippen LogP contribution in [-0.2, 0) is 0 Å². The summed E-state index contributed by atoms with van der Waals surface area (Å²) in [5.41, 5.74) is 7.71. The third kappa shape index (κ3) is 3.74. The van der Waals surface area contributed by atoms with Crippen LogP contribution in [0.2, 0.25) is 0 Å². The maximum atomic E-state index is 12.4. The van der Waals surface area contributed by atoms with Crippen molar-refractivity contribution in [1.29, 1.82) is 0 Å². The van der Waals surface area contributed by atoms with E-state index in [1.165, 1.54) is 29.8 Å². The van der Waals surface area contributed by atoms with Gasteiger partial charge in [0, 0.05) is 5.38 Å². The number of halogens is 1. The van der Waals surface area contributed by atoms with Gasteiger partial charge in [-0.15, -0.1) is 28.3 Å². The SMILES string of the molecule is Br.COc1ccccc1C(=O)Nc1nc(C)c(-c2csc(N)n2)s1. The van der Waals surface area contributed by atoms with Crippen molar-refractivity contribution in [3.63, 3.8) is 0 Å². The Morgan fingerprint density at radius 1 is 1.29 bits per heavy atom. The maximum absolute atomic E-state index is 12.4. The number of nitrogens with two attached hydrogens (primary N) is 1. The van der Waals surface area contributed by atoms with Gasteiger partial charge in [0.05, 0.1) is 28.9 Å². The molecule has 2 heterocycles. The number of nitrogen functional groups attached to an aromatic ring is 1. The number of anilines is 2. The summed E-state index contributed by atoms with van der Waals surface area (Å²) < 4.78 is 5.20. The number of thiazole rings is 2. The van der Waals surface area contributed by atoms with Crippen molar-refractivity contribution in [2.45, 2.75) is 6.92 Å². The van der Waals surface area contributed by atoms with E-state index in [4.69, 9.17) is 10.5 Å². The largest absolute Gasteiger partial charge is 0.496 e. The predicted molar refractivity (Wildman–Crippen MR) is 104 cm³/mol. The fraction of sp³-hybridized carbons (Fsp3) is 0.133. The van der Waals surface area contributed by atoms with E-state index in [9.17, 15) is 4.79 Å². The molecule has 3 rings (SSSR count). The quantitative estimate of drug-likeness (QED) is 0.657. The standard InChI is InChI=1S/C15H14N4O2S2.BrH/c1-8-12(10-7-22-14(16)18-10)23-15(17-8)19-13(20)9-5-3-4-6-11(9)21-2;/h3-7H,1-2H3,(H2,16,18)(H,17,19,20);1H. The summed E-state index contributed by atoms with van der Waals surface area (Å²) in [6, 6.07) is 7.05. The van der Waals surface area contributed by atoms with Gasteiger partial charge in [-0.05, 0) is 19.1 Å². The first-order valence-corrected chi connectivity index (χ1v) is 8.41. The first-order chi connectivity index (χ1) is 11.1. The number of methoxy groups -OCH3 is 1. The third-order valence-corrected chi connectivity index (χ3v) is 4.89. The van der Waals surface area contributed by atoms with Crippen molar-refractivity contribution in [3.05, 3.63) is 40.9 Å². The number of carbonyl (C=O) groups is 1. The fourth-order valence-electron chi connectivity index (χ4n) is 2.08. The molecule has 0 spiro atoms.